The molecule has 0 saturated carbocycles. The fraction of sp³-hybridized carbons (Fsp3) is 0.381. The molecule has 7 nitrogen and oxygen atoms in total. The predicted molar refractivity (Wildman–Crippen MR) is 132 cm³/mol. The van der Waals surface area contributed by atoms with Crippen LogP contribution in [0.1, 0.15) is 27.7 Å². The van der Waals surface area contributed by atoms with Gasteiger partial charge in [0, 0.05) is 0 Å². The molecule has 0 bridgehead atoms. The Morgan fingerprint density at radius 3 is 2.19 bits per heavy atom. The van der Waals surface area contributed by atoms with E-state index in [1.54, 1.807) is 22.3 Å². The fourth-order valence-electron chi connectivity index (χ4n) is 2.68. The van der Waals surface area contributed by atoms with Crippen LogP contribution in [0.15, 0.2) is 54.6 Å². The van der Waals surface area contributed by atoms with Crippen molar-refractivity contribution in [3.8, 4) is 5.75 Å². The maximum absolute atomic E-state index is 12.1. The Bertz CT molecular complexity index is 875. The molecule has 170 valence electrons. The normalized spacial score (nSPS) is 11.4. The highest BCUT2D eigenvalue weighted by Gasteiger charge is 2.31. The Labute approximate surface area is 193 Å². The number of benzene rings is 2. The van der Waals surface area contributed by atoms with Gasteiger partial charge in [0.15, 0.2) is 0 Å². The molecule has 0 fully saturated rings. The summed E-state index contributed by atoms with van der Waals surface area (Å²) in [5.41, 5.74) is 1.25. The summed E-state index contributed by atoms with van der Waals surface area (Å²) < 4.78 is 19.4. The zero-order valence-corrected chi connectivity index (χ0v) is 20.7. The largest absolute Gasteiger partial charge is 0.489 e. The molecule has 2 aromatic carbocycles. The first-order valence-corrected chi connectivity index (χ1v) is 13.5. The lowest BCUT2D eigenvalue weighted by Crippen LogP contribution is -2.31. The van der Waals surface area contributed by atoms with Gasteiger partial charge in [-0.3, -0.25) is 4.90 Å². The monoisotopic (exact) mass is 484 g/mol. The first-order chi connectivity index (χ1) is 14.8. The van der Waals surface area contributed by atoms with Gasteiger partial charge in [-0.05, 0) is 75.7 Å². The van der Waals surface area contributed by atoms with Crippen LogP contribution in [0.4, 0.5) is 16.2 Å². The van der Waals surface area contributed by atoms with Gasteiger partial charge in [0.2, 0.25) is 0 Å². The zero-order valence-electron chi connectivity index (χ0n) is 18.1. The molecule has 0 aliphatic carbocycles. The van der Waals surface area contributed by atoms with E-state index in [4.69, 9.17) is 25.6 Å². The average molecular weight is 485 g/mol. The van der Waals surface area contributed by atoms with Crippen molar-refractivity contribution in [2.75, 3.05) is 28.1 Å². The zero-order chi connectivity index (χ0) is 22.9. The molecule has 2 rings (SSSR count). The van der Waals surface area contributed by atoms with Crippen LogP contribution in [0.3, 0.4) is 0 Å². The van der Waals surface area contributed by atoms with Crippen molar-refractivity contribution < 1.29 is 23.7 Å². The fourth-order valence-corrected chi connectivity index (χ4v) is 7.13. The summed E-state index contributed by atoms with van der Waals surface area (Å²) in [6.07, 6.45) is -1.19. The van der Waals surface area contributed by atoms with Gasteiger partial charge in [-0.1, -0.05) is 30.3 Å². The SMILES string of the molecule is CCOP(=S)(OCC)N(SCN(C(=O)O)c1ccccc1OC(C)C)c1ccccc1. The Balaban J connectivity index is 2.38. The number of carbonyl (C=O) groups is 1. The lowest BCUT2D eigenvalue weighted by Gasteiger charge is -2.34. The van der Waals surface area contributed by atoms with Gasteiger partial charge < -0.3 is 18.9 Å². The molecule has 0 unspecified atom stereocenters. The maximum atomic E-state index is 12.1. The Morgan fingerprint density at radius 2 is 1.65 bits per heavy atom. The third-order valence-corrected chi connectivity index (χ3v) is 8.94. The predicted octanol–water partition coefficient (Wildman–Crippen LogP) is 6.37. The van der Waals surface area contributed by atoms with Crippen LogP contribution in [0.5, 0.6) is 5.75 Å². The van der Waals surface area contributed by atoms with Gasteiger partial charge in [0.25, 0.3) is 6.64 Å². The first-order valence-electron chi connectivity index (χ1n) is 9.96. The van der Waals surface area contributed by atoms with E-state index >= 15 is 0 Å². The summed E-state index contributed by atoms with van der Waals surface area (Å²) >= 11 is 7.04. The van der Waals surface area contributed by atoms with Crippen molar-refractivity contribution in [2.45, 2.75) is 33.8 Å². The second-order valence-electron chi connectivity index (χ2n) is 6.52. The molecule has 1 N–H and O–H groups in total. The average Bonchev–Trinajstić information content (AvgIpc) is 2.72. The molecule has 0 heterocycles. The highest BCUT2D eigenvalue weighted by Crippen LogP contribution is 2.58. The summed E-state index contributed by atoms with van der Waals surface area (Å²) in [6, 6.07) is 16.6. The van der Waals surface area contributed by atoms with E-state index in [2.05, 4.69) is 0 Å². The maximum Gasteiger partial charge on any atom is 0.412 e. The van der Waals surface area contributed by atoms with E-state index in [9.17, 15) is 9.90 Å². The number of carboxylic acid groups (broad SMARTS) is 1. The van der Waals surface area contributed by atoms with Crippen LogP contribution < -0.4 is 13.7 Å². The molecule has 31 heavy (non-hydrogen) atoms. The molecule has 2 aromatic rings. The smallest absolute Gasteiger partial charge is 0.412 e. The molecule has 0 aromatic heterocycles. The van der Waals surface area contributed by atoms with Crippen molar-refractivity contribution in [3.63, 3.8) is 0 Å². The van der Waals surface area contributed by atoms with E-state index in [1.807, 2.05) is 64.1 Å². The van der Waals surface area contributed by atoms with Crippen molar-refractivity contribution >= 4 is 47.9 Å². The van der Waals surface area contributed by atoms with Crippen LogP contribution in [0.25, 0.3) is 0 Å². The second kappa shape index (κ2) is 12.3. The minimum atomic E-state index is -2.89. The van der Waals surface area contributed by atoms with Gasteiger partial charge in [0.05, 0.1) is 36.6 Å². The van der Waals surface area contributed by atoms with E-state index in [1.165, 1.54) is 16.8 Å². The van der Waals surface area contributed by atoms with Gasteiger partial charge in [0.1, 0.15) is 5.75 Å². The number of hydrogen-bond acceptors (Lipinski definition) is 6. The Morgan fingerprint density at radius 1 is 1.06 bits per heavy atom. The van der Waals surface area contributed by atoms with Crippen molar-refractivity contribution in [3.05, 3.63) is 54.6 Å². The number of amides is 1. The highest BCUT2D eigenvalue weighted by molar-refractivity contribution is 8.19. The van der Waals surface area contributed by atoms with Crippen molar-refractivity contribution in [1.29, 1.82) is 0 Å². The number of para-hydroxylation sites is 3. The highest BCUT2D eigenvalue weighted by atomic mass is 32.5. The van der Waals surface area contributed by atoms with E-state index in [0.717, 1.165) is 5.69 Å². The quantitative estimate of drug-likeness (QED) is 0.212. The third-order valence-electron chi connectivity index (χ3n) is 3.84. The summed E-state index contributed by atoms with van der Waals surface area (Å²) in [7, 11) is 0. The minimum absolute atomic E-state index is 0.0707. The Kier molecular flexibility index (Phi) is 10.1. The minimum Gasteiger partial charge on any atom is -0.489 e. The lowest BCUT2D eigenvalue weighted by molar-refractivity contribution is 0.202. The molecule has 0 aliphatic rings. The summed E-state index contributed by atoms with van der Waals surface area (Å²) in [4.78, 5) is 13.4. The number of rotatable bonds is 12. The van der Waals surface area contributed by atoms with Crippen LogP contribution in [0.2, 0.25) is 0 Å². The van der Waals surface area contributed by atoms with Gasteiger partial charge in [-0.25, -0.2) is 8.87 Å². The first kappa shape index (κ1) is 25.5. The molecule has 1 amide bonds. The third kappa shape index (κ3) is 7.12. The molecular formula is C21H29N2O5PS2. The van der Waals surface area contributed by atoms with Crippen LogP contribution >= 0.6 is 18.6 Å². The molecule has 0 aliphatic heterocycles. The molecule has 0 spiro atoms. The van der Waals surface area contributed by atoms with Crippen molar-refractivity contribution in [1.82, 2.24) is 0 Å². The van der Waals surface area contributed by atoms with Crippen molar-refractivity contribution in [2.24, 2.45) is 0 Å². The summed E-state index contributed by atoms with van der Waals surface area (Å²) in [5, 5.41) is 9.94. The van der Waals surface area contributed by atoms with Crippen LogP contribution in [-0.2, 0) is 20.9 Å². The number of hydrogen-bond donors (Lipinski definition) is 1. The topological polar surface area (TPSA) is 71.5 Å². The molecule has 10 heteroatoms. The molecule has 0 saturated heterocycles. The van der Waals surface area contributed by atoms with Crippen LogP contribution in [0, 0.1) is 0 Å². The van der Waals surface area contributed by atoms with Gasteiger partial charge >= 0.3 is 6.09 Å². The second-order valence-corrected chi connectivity index (χ2v) is 10.9. The van der Waals surface area contributed by atoms with E-state index in [-0.39, 0.29) is 12.0 Å². The number of anilines is 2. The van der Waals surface area contributed by atoms with E-state index in [0.29, 0.717) is 24.7 Å². The molecular weight excluding hydrogens is 455 g/mol. The Hall–Kier alpha value is -1.77. The van der Waals surface area contributed by atoms with E-state index < -0.39 is 12.7 Å². The molecule has 0 atom stereocenters. The lowest BCUT2D eigenvalue weighted by atomic mass is 10.2. The standard InChI is InChI=1S/C21H29N2O5PS2/c1-5-26-29(30,27-6-2)23(18-12-8-7-9-13-18)31-16-22(21(24)25)19-14-10-11-15-20(19)28-17(3)4/h7-15,17H,5-6,16H2,1-4H3,(H,24,25). The molecule has 0 radical (unpaired) electrons. The summed E-state index contributed by atoms with van der Waals surface area (Å²) in [5.74, 6) is 0.571. The van der Waals surface area contributed by atoms with Gasteiger partial charge in [-0.2, -0.15) is 0 Å². The number of ether oxygens (including phenoxy) is 1. The van der Waals surface area contributed by atoms with Crippen LogP contribution in [-0.4, -0.2) is 36.4 Å². The van der Waals surface area contributed by atoms with Gasteiger partial charge in [-0.15, -0.1) is 0 Å². The summed E-state index contributed by atoms with van der Waals surface area (Å²) in [6.45, 7) is 5.39. The number of nitrogens with zero attached hydrogens (tertiary/aromatic N) is 2.